The lowest BCUT2D eigenvalue weighted by molar-refractivity contribution is -0.119. The molecule has 0 aliphatic carbocycles. The maximum Gasteiger partial charge on any atom is 0.228 e. The van der Waals surface area contributed by atoms with E-state index in [1.165, 1.54) is 24.3 Å². The topological polar surface area (TPSA) is 86.3 Å². The van der Waals surface area contributed by atoms with Gasteiger partial charge in [-0.1, -0.05) is 42.5 Å². The molecule has 0 bridgehead atoms. The number of carbonyl (C=O) groups is 1. The zero-order chi connectivity index (χ0) is 19.4. The summed E-state index contributed by atoms with van der Waals surface area (Å²) in [6, 6.07) is 19.1. The summed E-state index contributed by atoms with van der Waals surface area (Å²) < 4.78 is 32.9. The number of carbonyl (C=O) groups excluding carboxylic acids is 1. The number of thiol groups is 1. The molecule has 0 spiro atoms. The maximum atomic E-state index is 12.6. The Labute approximate surface area is 163 Å². The van der Waals surface area contributed by atoms with Crippen LogP contribution in [0, 0.1) is 5.92 Å². The van der Waals surface area contributed by atoms with Gasteiger partial charge in [-0.2, -0.15) is 12.6 Å². The molecular weight excluding hydrogens is 382 g/mol. The van der Waals surface area contributed by atoms with Crippen LogP contribution in [-0.2, 0) is 21.3 Å². The van der Waals surface area contributed by atoms with Crippen LogP contribution in [0.4, 0.5) is 5.69 Å². The molecule has 1 atom stereocenters. The standard InChI is InChI=1S/C20H19NO4S2/c22-20(21-17-8-10-18(11-9-17)27(23,24)25)16(13-26)12-15-6-3-5-14-4-1-2-7-19(14)15/h1-11,16,26H,12-13H2,(H,21,22)(H,23,24,25)/p-1. The Balaban J connectivity index is 1.76. The van der Waals surface area contributed by atoms with Crippen molar-refractivity contribution in [3.63, 3.8) is 0 Å². The van der Waals surface area contributed by atoms with Gasteiger partial charge in [-0.15, -0.1) is 0 Å². The molecule has 1 amide bonds. The number of amides is 1. The van der Waals surface area contributed by atoms with Crippen LogP contribution in [0.15, 0.2) is 71.6 Å². The van der Waals surface area contributed by atoms with Gasteiger partial charge in [-0.05, 0) is 47.0 Å². The Morgan fingerprint density at radius 3 is 2.33 bits per heavy atom. The lowest BCUT2D eigenvalue weighted by atomic mass is 9.95. The summed E-state index contributed by atoms with van der Waals surface area (Å²) in [5.74, 6) is -0.208. The lowest BCUT2D eigenvalue weighted by Crippen LogP contribution is -2.26. The second-order valence-electron chi connectivity index (χ2n) is 6.19. The molecule has 140 valence electrons. The average Bonchev–Trinajstić information content (AvgIpc) is 2.65. The lowest BCUT2D eigenvalue weighted by Gasteiger charge is -2.16. The van der Waals surface area contributed by atoms with E-state index in [0.717, 1.165) is 16.3 Å². The van der Waals surface area contributed by atoms with E-state index >= 15 is 0 Å². The monoisotopic (exact) mass is 400 g/mol. The number of hydrogen-bond acceptors (Lipinski definition) is 5. The molecule has 0 aliphatic heterocycles. The molecule has 1 N–H and O–H groups in total. The maximum absolute atomic E-state index is 12.6. The van der Waals surface area contributed by atoms with Crippen molar-refractivity contribution in [3.8, 4) is 0 Å². The molecule has 0 heterocycles. The molecule has 3 aromatic rings. The highest BCUT2D eigenvalue weighted by atomic mass is 32.2. The first-order valence-corrected chi connectivity index (χ1v) is 10.4. The number of fused-ring (bicyclic) bond motifs is 1. The van der Waals surface area contributed by atoms with Gasteiger partial charge in [-0.3, -0.25) is 4.79 Å². The highest BCUT2D eigenvalue weighted by Crippen LogP contribution is 2.23. The van der Waals surface area contributed by atoms with Crippen molar-refractivity contribution in [3.05, 3.63) is 72.3 Å². The van der Waals surface area contributed by atoms with E-state index in [1.54, 1.807) is 0 Å². The fourth-order valence-electron chi connectivity index (χ4n) is 2.93. The number of rotatable bonds is 6. The molecule has 0 saturated heterocycles. The Morgan fingerprint density at radius 1 is 1.00 bits per heavy atom. The summed E-state index contributed by atoms with van der Waals surface area (Å²) in [5.41, 5.74) is 1.49. The first kappa shape index (κ1) is 19.4. The molecule has 5 nitrogen and oxygen atoms in total. The summed E-state index contributed by atoms with van der Waals surface area (Å²) >= 11 is 4.32. The van der Waals surface area contributed by atoms with E-state index in [2.05, 4.69) is 17.9 Å². The first-order chi connectivity index (χ1) is 12.9. The van der Waals surface area contributed by atoms with Crippen LogP contribution in [0.1, 0.15) is 5.56 Å². The number of anilines is 1. The second-order valence-corrected chi connectivity index (χ2v) is 7.93. The van der Waals surface area contributed by atoms with Gasteiger partial charge in [0.05, 0.1) is 10.8 Å². The van der Waals surface area contributed by atoms with Crippen molar-refractivity contribution in [2.24, 2.45) is 5.92 Å². The van der Waals surface area contributed by atoms with Crippen LogP contribution in [0.2, 0.25) is 0 Å². The Bertz CT molecular complexity index is 1060. The van der Waals surface area contributed by atoms with Crippen LogP contribution in [0.25, 0.3) is 10.8 Å². The van der Waals surface area contributed by atoms with Gasteiger partial charge in [0.1, 0.15) is 10.1 Å². The molecular formula is C20H18NO4S2-. The molecule has 27 heavy (non-hydrogen) atoms. The third-order valence-electron chi connectivity index (χ3n) is 4.35. The molecule has 1 unspecified atom stereocenters. The highest BCUT2D eigenvalue weighted by molar-refractivity contribution is 7.85. The van der Waals surface area contributed by atoms with Crippen molar-refractivity contribution >= 4 is 45.1 Å². The minimum atomic E-state index is -4.51. The van der Waals surface area contributed by atoms with Gasteiger partial charge in [-0.25, -0.2) is 8.42 Å². The molecule has 0 saturated carbocycles. The van der Waals surface area contributed by atoms with Crippen molar-refractivity contribution in [2.75, 3.05) is 11.1 Å². The van der Waals surface area contributed by atoms with Gasteiger partial charge >= 0.3 is 0 Å². The van der Waals surface area contributed by atoms with E-state index in [4.69, 9.17) is 0 Å². The highest BCUT2D eigenvalue weighted by Gasteiger charge is 2.19. The third-order valence-corrected chi connectivity index (χ3v) is 5.64. The van der Waals surface area contributed by atoms with Crippen molar-refractivity contribution in [1.29, 1.82) is 0 Å². The predicted octanol–water partition coefficient (Wildman–Crippen LogP) is 3.47. The van der Waals surface area contributed by atoms with Crippen molar-refractivity contribution < 1.29 is 17.8 Å². The second kappa shape index (κ2) is 8.12. The van der Waals surface area contributed by atoms with Gasteiger partial charge < -0.3 is 9.87 Å². The van der Waals surface area contributed by atoms with E-state index in [-0.39, 0.29) is 16.7 Å². The molecule has 3 aromatic carbocycles. The summed E-state index contributed by atoms with van der Waals surface area (Å²) in [6.45, 7) is 0. The number of benzene rings is 3. The molecule has 0 aromatic heterocycles. The van der Waals surface area contributed by atoms with E-state index < -0.39 is 10.1 Å². The first-order valence-electron chi connectivity index (χ1n) is 8.33. The summed E-state index contributed by atoms with van der Waals surface area (Å²) in [6.07, 6.45) is 0.531. The van der Waals surface area contributed by atoms with E-state index in [9.17, 15) is 17.8 Å². The predicted molar refractivity (Wildman–Crippen MR) is 108 cm³/mol. The van der Waals surface area contributed by atoms with Gasteiger partial charge in [0.2, 0.25) is 5.91 Å². The number of hydrogen-bond donors (Lipinski definition) is 2. The minimum absolute atomic E-state index is 0.212. The molecule has 0 fully saturated rings. The fraction of sp³-hybridized carbons (Fsp3) is 0.150. The van der Waals surface area contributed by atoms with Gasteiger partial charge in [0.25, 0.3) is 0 Å². The van der Waals surface area contributed by atoms with Gasteiger partial charge in [0, 0.05) is 11.4 Å². The normalized spacial score (nSPS) is 12.7. The van der Waals surface area contributed by atoms with Crippen LogP contribution < -0.4 is 5.32 Å². The fourth-order valence-corrected chi connectivity index (χ4v) is 3.69. The third kappa shape index (κ3) is 4.68. The summed E-state index contributed by atoms with van der Waals surface area (Å²) in [5, 5.41) is 4.97. The van der Waals surface area contributed by atoms with E-state index in [1.807, 2.05) is 42.5 Å². The molecule has 0 radical (unpaired) electrons. The number of nitrogens with one attached hydrogen (secondary N) is 1. The van der Waals surface area contributed by atoms with Crippen molar-refractivity contribution in [2.45, 2.75) is 11.3 Å². The smallest absolute Gasteiger partial charge is 0.228 e. The largest absolute Gasteiger partial charge is 0.744 e. The molecule has 3 rings (SSSR count). The van der Waals surface area contributed by atoms with E-state index in [0.29, 0.717) is 17.9 Å². The van der Waals surface area contributed by atoms with Gasteiger partial charge in [0.15, 0.2) is 0 Å². The Morgan fingerprint density at radius 2 is 1.67 bits per heavy atom. The average molecular weight is 401 g/mol. The minimum Gasteiger partial charge on any atom is -0.744 e. The van der Waals surface area contributed by atoms with Crippen LogP contribution >= 0.6 is 12.6 Å². The molecule has 7 heteroatoms. The zero-order valence-electron chi connectivity index (χ0n) is 14.3. The Hall–Kier alpha value is -2.35. The SMILES string of the molecule is O=C(Nc1ccc(S(=O)(=O)[O-])cc1)C(CS)Cc1cccc2ccccc12. The summed E-state index contributed by atoms with van der Waals surface area (Å²) in [4.78, 5) is 12.3. The van der Waals surface area contributed by atoms with Crippen LogP contribution in [0.5, 0.6) is 0 Å². The molecule has 0 aliphatic rings. The quantitative estimate of drug-likeness (QED) is 0.490. The zero-order valence-corrected chi connectivity index (χ0v) is 16.0. The van der Waals surface area contributed by atoms with Crippen molar-refractivity contribution in [1.82, 2.24) is 0 Å². The Kier molecular flexibility index (Phi) is 5.84. The van der Waals surface area contributed by atoms with Crippen LogP contribution in [0.3, 0.4) is 0 Å². The summed E-state index contributed by atoms with van der Waals surface area (Å²) in [7, 11) is -4.51. The van der Waals surface area contributed by atoms with Crippen LogP contribution in [-0.4, -0.2) is 24.6 Å².